The number of nitrogens with one attached hydrogen (secondary N) is 1. The van der Waals surface area contributed by atoms with E-state index in [1.807, 2.05) is 14.1 Å². The first kappa shape index (κ1) is 10.8. The number of anilines is 1. The van der Waals surface area contributed by atoms with Crippen molar-refractivity contribution in [1.82, 2.24) is 9.97 Å². The van der Waals surface area contributed by atoms with Crippen LogP contribution >= 0.6 is 0 Å². The lowest BCUT2D eigenvalue weighted by Crippen LogP contribution is -2.19. The minimum atomic E-state index is -0.0839. The van der Waals surface area contributed by atoms with E-state index in [9.17, 15) is 4.79 Å². The highest BCUT2D eigenvalue weighted by Gasteiger charge is 2.04. The third-order valence-corrected chi connectivity index (χ3v) is 1.82. The number of aromatic amines is 1. The maximum atomic E-state index is 11.3. The Bertz CT molecular complexity index is 355. The minimum Gasteiger partial charge on any atom is -0.348 e. The number of aromatic nitrogens is 2. The van der Waals surface area contributed by atoms with Gasteiger partial charge in [0.1, 0.15) is 0 Å². The van der Waals surface area contributed by atoms with Gasteiger partial charge in [0.05, 0.1) is 5.69 Å². The molecule has 0 spiro atoms. The molecule has 0 unspecified atom stereocenters. The molecule has 1 N–H and O–H groups in total. The molecular formula is C10H17N3O. The van der Waals surface area contributed by atoms with Gasteiger partial charge < -0.3 is 4.90 Å². The van der Waals surface area contributed by atoms with Gasteiger partial charge in [0.2, 0.25) is 5.95 Å². The molecule has 1 heterocycles. The Morgan fingerprint density at radius 1 is 1.50 bits per heavy atom. The molecule has 0 saturated heterocycles. The van der Waals surface area contributed by atoms with E-state index in [-0.39, 0.29) is 5.56 Å². The molecule has 1 rings (SSSR count). The molecule has 0 fully saturated rings. The summed E-state index contributed by atoms with van der Waals surface area (Å²) in [5.74, 6) is 1.13. The highest BCUT2D eigenvalue weighted by molar-refractivity contribution is 5.27. The molecule has 14 heavy (non-hydrogen) atoms. The van der Waals surface area contributed by atoms with Gasteiger partial charge in [-0.2, -0.15) is 0 Å². The molecule has 4 nitrogen and oxygen atoms in total. The van der Waals surface area contributed by atoms with Crippen LogP contribution in [-0.2, 0) is 6.42 Å². The number of hydrogen-bond acceptors (Lipinski definition) is 3. The first-order chi connectivity index (χ1) is 6.49. The summed E-state index contributed by atoms with van der Waals surface area (Å²) in [7, 11) is 3.72. The topological polar surface area (TPSA) is 49.0 Å². The van der Waals surface area contributed by atoms with Crippen molar-refractivity contribution < 1.29 is 0 Å². The molecule has 0 bridgehead atoms. The van der Waals surface area contributed by atoms with Gasteiger partial charge in [0, 0.05) is 20.2 Å². The van der Waals surface area contributed by atoms with Gasteiger partial charge in [-0.15, -0.1) is 0 Å². The monoisotopic (exact) mass is 195 g/mol. The molecule has 0 atom stereocenters. The van der Waals surface area contributed by atoms with Crippen LogP contribution < -0.4 is 10.5 Å². The van der Waals surface area contributed by atoms with Crippen molar-refractivity contribution in [2.45, 2.75) is 20.3 Å². The van der Waals surface area contributed by atoms with Crippen molar-refractivity contribution >= 4 is 5.95 Å². The van der Waals surface area contributed by atoms with Crippen molar-refractivity contribution in [2.24, 2.45) is 5.92 Å². The van der Waals surface area contributed by atoms with E-state index in [0.29, 0.717) is 11.9 Å². The number of H-pyrrole nitrogens is 1. The summed E-state index contributed by atoms with van der Waals surface area (Å²) in [5, 5.41) is 0. The Kier molecular flexibility index (Phi) is 3.28. The second kappa shape index (κ2) is 4.26. The Morgan fingerprint density at radius 2 is 2.14 bits per heavy atom. The summed E-state index contributed by atoms with van der Waals surface area (Å²) in [5.41, 5.74) is 0.770. The van der Waals surface area contributed by atoms with E-state index in [4.69, 9.17) is 0 Å². The third kappa shape index (κ3) is 2.87. The first-order valence-electron chi connectivity index (χ1n) is 4.76. The van der Waals surface area contributed by atoms with Gasteiger partial charge in [-0.3, -0.25) is 9.78 Å². The van der Waals surface area contributed by atoms with E-state index < -0.39 is 0 Å². The molecule has 1 aromatic heterocycles. The molecule has 78 valence electrons. The Morgan fingerprint density at radius 3 is 2.64 bits per heavy atom. The van der Waals surface area contributed by atoms with Crippen LogP contribution in [0.15, 0.2) is 10.9 Å². The van der Waals surface area contributed by atoms with Crippen LogP contribution in [0.4, 0.5) is 5.95 Å². The fourth-order valence-electron chi connectivity index (χ4n) is 1.23. The first-order valence-corrected chi connectivity index (χ1v) is 4.76. The van der Waals surface area contributed by atoms with E-state index in [2.05, 4.69) is 23.8 Å². The van der Waals surface area contributed by atoms with Crippen molar-refractivity contribution in [2.75, 3.05) is 19.0 Å². The van der Waals surface area contributed by atoms with Crippen molar-refractivity contribution in [3.63, 3.8) is 0 Å². The van der Waals surface area contributed by atoms with Crippen molar-refractivity contribution in [3.8, 4) is 0 Å². The van der Waals surface area contributed by atoms with E-state index in [1.54, 1.807) is 11.0 Å². The van der Waals surface area contributed by atoms with Crippen LogP contribution in [0.3, 0.4) is 0 Å². The van der Waals surface area contributed by atoms with E-state index in [0.717, 1.165) is 12.1 Å². The molecule has 0 amide bonds. The quantitative estimate of drug-likeness (QED) is 0.783. The Labute approximate surface area is 84.0 Å². The summed E-state index contributed by atoms with van der Waals surface area (Å²) in [4.78, 5) is 20.1. The van der Waals surface area contributed by atoms with Crippen molar-refractivity contribution in [1.29, 1.82) is 0 Å². The van der Waals surface area contributed by atoms with Crippen LogP contribution in [-0.4, -0.2) is 24.1 Å². The van der Waals surface area contributed by atoms with Crippen LogP contribution in [0.25, 0.3) is 0 Å². The molecule has 1 aromatic rings. The lowest BCUT2D eigenvalue weighted by molar-refractivity contribution is 0.632. The normalized spacial score (nSPS) is 10.6. The zero-order chi connectivity index (χ0) is 10.7. The highest BCUT2D eigenvalue weighted by atomic mass is 16.1. The predicted molar refractivity (Wildman–Crippen MR) is 57.7 cm³/mol. The molecule has 0 aromatic carbocycles. The molecule has 0 radical (unpaired) electrons. The molecule has 0 aliphatic heterocycles. The average molecular weight is 195 g/mol. The largest absolute Gasteiger partial charge is 0.348 e. The van der Waals surface area contributed by atoms with Gasteiger partial charge in [0.15, 0.2) is 0 Å². The second-order valence-electron chi connectivity index (χ2n) is 4.05. The zero-order valence-corrected chi connectivity index (χ0v) is 9.16. The van der Waals surface area contributed by atoms with Crippen LogP contribution in [0, 0.1) is 5.92 Å². The minimum absolute atomic E-state index is 0.0839. The van der Waals surface area contributed by atoms with Gasteiger partial charge in [-0.1, -0.05) is 13.8 Å². The fraction of sp³-hybridized carbons (Fsp3) is 0.600. The van der Waals surface area contributed by atoms with Crippen LogP contribution in [0.2, 0.25) is 0 Å². The summed E-state index contributed by atoms with van der Waals surface area (Å²) in [6, 6.07) is 1.56. The summed E-state index contributed by atoms with van der Waals surface area (Å²) in [6.45, 7) is 4.22. The number of nitrogens with zero attached hydrogens (tertiary/aromatic N) is 2. The van der Waals surface area contributed by atoms with Gasteiger partial charge in [0.25, 0.3) is 5.56 Å². The second-order valence-corrected chi connectivity index (χ2v) is 4.05. The van der Waals surface area contributed by atoms with E-state index >= 15 is 0 Å². The number of rotatable bonds is 3. The molecule has 0 aliphatic carbocycles. The molecule has 4 heteroatoms. The zero-order valence-electron chi connectivity index (χ0n) is 9.16. The van der Waals surface area contributed by atoms with Gasteiger partial charge in [-0.25, -0.2) is 4.98 Å². The fourth-order valence-corrected chi connectivity index (χ4v) is 1.23. The SMILES string of the molecule is CC(C)Cc1cc(=O)[nH]c(N(C)C)n1. The Balaban J connectivity index is 3.01. The molecule has 0 aliphatic rings. The molecule has 0 saturated carbocycles. The maximum Gasteiger partial charge on any atom is 0.252 e. The van der Waals surface area contributed by atoms with Crippen molar-refractivity contribution in [3.05, 3.63) is 22.1 Å². The molecular weight excluding hydrogens is 178 g/mol. The predicted octanol–water partition coefficient (Wildman–Crippen LogP) is 1.03. The summed E-state index contributed by atoms with van der Waals surface area (Å²) >= 11 is 0. The lowest BCUT2D eigenvalue weighted by atomic mass is 10.1. The maximum absolute atomic E-state index is 11.3. The van der Waals surface area contributed by atoms with E-state index in [1.165, 1.54) is 0 Å². The third-order valence-electron chi connectivity index (χ3n) is 1.82. The number of hydrogen-bond donors (Lipinski definition) is 1. The summed E-state index contributed by atoms with van der Waals surface area (Å²) in [6.07, 6.45) is 0.838. The average Bonchev–Trinajstić information content (AvgIpc) is 2.01. The van der Waals surface area contributed by atoms with Gasteiger partial charge in [-0.05, 0) is 12.3 Å². The van der Waals surface area contributed by atoms with Gasteiger partial charge >= 0.3 is 0 Å². The highest BCUT2D eigenvalue weighted by Crippen LogP contribution is 2.06. The summed E-state index contributed by atoms with van der Waals surface area (Å²) < 4.78 is 0. The lowest BCUT2D eigenvalue weighted by Gasteiger charge is -2.12. The standard InChI is InChI=1S/C10H17N3O/c1-7(2)5-8-6-9(14)12-10(11-8)13(3)4/h6-7H,5H2,1-4H3,(H,11,12,14). The smallest absolute Gasteiger partial charge is 0.252 e. The Hall–Kier alpha value is -1.32. The van der Waals surface area contributed by atoms with Crippen LogP contribution in [0.5, 0.6) is 0 Å². The van der Waals surface area contributed by atoms with Crippen LogP contribution in [0.1, 0.15) is 19.5 Å².